The second-order valence-corrected chi connectivity index (χ2v) is 4.51. The van der Waals surface area contributed by atoms with Crippen LogP contribution in [0.2, 0.25) is 0 Å². The zero-order valence-corrected chi connectivity index (χ0v) is 11.4. The third kappa shape index (κ3) is 3.17. The quantitative estimate of drug-likeness (QED) is 0.847. The Labute approximate surface area is 112 Å². The Balaban J connectivity index is 2.25. The molecule has 3 nitrogen and oxygen atoms in total. The van der Waals surface area contributed by atoms with Gasteiger partial charge in [0.25, 0.3) is 0 Å². The lowest BCUT2D eigenvalue weighted by Crippen LogP contribution is -1.95. The Morgan fingerprint density at radius 3 is 2.61 bits per heavy atom. The molecule has 0 aliphatic carbocycles. The standard InChI is InChI=1S/C14H16N2OS/c1-3-8-17-12-6-4-11(5-7-12)13-9-14(18)16-10(2)15-13/h4-7,9H,3,8H2,1-2H3,(H,15,16,18). The average Bonchev–Trinajstić information content (AvgIpc) is 2.36. The monoisotopic (exact) mass is 260 g/mol. The van der Waals surface area contributed by atoms with Crippen LogP contribution in [0.4, 0.5) is 0 Å². The van der Waals surface area contributed by atoms with Gasteiger partial charge in [-0.3, -0.25) is 0 Å². The molecule has 0 radical (unpaired) electrons. The van der Waals surface area contributed by atoms with Crippen molar-refractivity contribution < 1.29 is 4.74 Å². The summed E-state index contributed by atoms with van der Waals surface area (Å²) in [6.07, 6.45) is 1.01. The molecule has 0 bridgehead atoms. The molecule has 18 heavy (non-hydrogen) atoms. The molecule has 0 atom stereocenters. The lowest BCUT2D eigenvalue weighted by molar-refractivity contribution is 0.317. The minimum Gasteiger partial charge on any atom is -0.494 e. The van der Waals surface area contributed by atoms with Crippen LogP contribution < -0.4 is 4.74 Å². The van der Waals surface area contributed by atoms with Crippen molar-refractivity contribution in [3.63, 3.8) is 0 Å². The highest BCUT2D eigenvalue weighted by Gasteiger charge is 2.00. The molecule has 0 unspecified atom stereocenters. The van der Waals surface area contributed by atoms with Crippen LogP contribution in [0.15, 0.2) is 30.3 Å². The summed E-state index contributed by atoms with van der Waals surface area (Å²) in [7, 11) is 0. The zero-order valence-electron chi connectivity index (χ0n) is 10.6. The number of rotatable bonds is 4. The summed E-state index contributed by atoms with van der Waals surface area (Å²) in [4.78, 5) is 7.36. The Hall–Kier alpha value is -1.68. The van der Waals surface area contributed by atoms with Gasteiger partial charge in [0.2, 0.25) is 0 Å². The molecular weight excluding hydrogens is 244 g/mol. The number of hydrogen-bond donors (Lipinski definition) is 1. The SMILES string of the molecule is CCCOc1ccc(-c2cc(=S)nc(C)[nH]2)cc1. The summed E-state index contributed by atoms with van der Waals surface area (Å²) >= 11 is 5.11. The predicted octanol–water partition coefficient (Wildman–Crippen LogP) is 3.90. The first-order valence-corrected chi connectivity index (χ1v) is 6.41. The van der Waals surface area contributed by atoms with Gasteiger partial charge in [-0.25, -0.2) is 4.98 Å². The van der Waals surface area contributed by atoms with Crippen molar-refractivity contribution in [3.8, 4) is 17.0 Å². The topological polar surface area (TPSA) is 37.9 Å². The molecule has 0 aliphatic rings. The van der Waals surface area contributed by atoms with Crippen LogP contribution in [0, 0.1) is 11.6 Å². The number of ether oxygens (including phenoxy) is 1. The molecule has 1 N–H and O–H groups in total. The van der Waals surface area contributed by atoms with Gasteiger partial charge >= 0.3 is 0 Å². The van der Waals surface area contributed by atoms with Gasteiger partial charge in [-0.05, 0) is 49.2 Å². The molecule has 94 valence electrons. The fourth-order valence-corrected chi connectivity index (χ4v) is 1.94. The molecule has 0 saturated carbocycles. The fourth-order valence-electron chi connectivity index (χ4n) is 1.69. The number of nitrogens with zero attached hydrogens (tertiary/aromatic N) is 1. The number of aryl methyl sites for hydroxylation is 1. The molecule has 0 spiro atoms. The first-order chi connectivity index (χ1) is 8.69. The maximum atomic E-state index is 5.55. The maximum Gasteiger partial charge on any atom is 0.130 e. The second kappa shape index (κ2) is 5.78. The van der Waals surface area contributed by atoms with E-state index in [1.165, 1.54) is 0 Å². The number of hydrogen-bond acceptors (Lipinski definition) is 3. The smallest absolute Gasteiger partial charge is 0.130 e. The van der Waals surface area contributed by atoms with E-state index >= 15 is 0 Å². The second-order valence-electron chi connectivity index (χ2n) is 4.09. The summed E-state index contributed by atoms with van der Waals surface area (Å²) < 4.78 is 6.15. The summed E-state index contributed by atoms with van der Waals surface area (Å²) in [5.41, 5.74) is 2.06. The first kappa shape index (κ1) is 12.8. The van der Waals surface area contributed by atoms with E-state index < -0.39 is 0 Å². The predicted molar refractivity (Wildman–Crippen MR) is 75.4 cm³/mol. The van der Waals surface area contributed by atoms with E-state index in [4.69, 9.17) is 17.0 Å². The van der Waals surface area contributed by atoms with Crippen molar-refractivity contribution in [2.75, 3.05) is 6.61 Å². The molecule has 0 aliphatic heterocycles. The minimum atomic E-state index is 0.604. The highest BCUT2D eigenvalue weighted by Crippen LogP contribution is 2.20. The van der Waals surface area contributed by atoms with E-state index in [-0.39, 0.29) is 0 Å². The molecule has 0 saturated heterocycles. The Morgan fingerprint density at radius 2 is 2.00 bits per heavy atom. The number of H-pyrrole nitrogens is 1. The minimum absolute atomic E-state index is 0.604. The van der Waals surface area contributed by atoms with Crippen LogP contribution in [-0.4, -0.2) is 16.6 Å². The van der Waals surface area contributed by atoms with Crippen LogP contribution >= 0.6 is 12.2 Å². The largest absolute Gasteiger partial charge is 0.494 e. The summed E-state index contributed by atoms with van der Waals surface area (Å²) in [6.45, 7) is 4.74. The van der Waals surface area contributed by atoms with Gasteiger partial charge in [-0.2, -0.15) is 0 Å². The van der Waals surface area contributed by atoms with Crippen molar-refractivity contribution in [2.24, 2.45) is 0 Å². The van der Waals surface area contributed by atoms with Crippen molar-refractivity contribution in [3.05, 3.63) is 40.8 Å². The summed E-state index contributed by atoms with van der Waals surface area (Å²) in [6, 6.07) is 9.84. The van der Waals surface area contributed by atoms with Gasteiger partial charge in [-0.15, -0.1) is 0 Å². The average molecular weight is 260 g/mol. The first-order valence-electron chi connectivity index (χ1n) is 6.00. The lowest BCUT2D eigenvalue weighted by Gasteiger charge is -2.06. The Kier molecular flexibility index (Phi) is 4.10. The Morgan fingerprint density at radius 1 is 1.28 bits per heavy atom. The zero-order chi connectivity index (χ0) is 13.0. The molecule has 1 aromatic carbocycles. The maximum absolute atomic E-state index is 5.55. The third-order valence-corrected chi connectivity index (χ3v) is 2.71. The van der Waals surface area contributed by atoms with E-state index in [9.17, 15) is 0 Å². The highest BCUT2D eigenvalue weighted by atomic mass is 32.1. The van der Waals surface area contributed by atoms with Gasteiger partial charge in [0.15, 0.2) is 0 Å². The molecule has 1 aromatic heterocycles. The normalized spacial score (nSPS) is 10.3. The van der Waals surface area contributed by atoms with Crippen LogP contribution in [0.5, 0.6) is 5.75 Å². The number of benzene rings is 1. The van der Waals surface area contributed by atoms with E-state index in [1.54, 1.807) is 0 Å². The van der Waals surface area contributed by atoms with Crippen molar-refractivity contribution in [1.29, 1.82) is 0 Å². The van der Waals surface area contributed by atoms with E-state index in [0.29, 0.717) is 4.64 Å². The van der Waals surface area contributed by atoms with Crippen LogP contribution in [0.25, 0.3) is 11.3 Å². The molecule has 2 rings (SSSR count). The van der Waals surface area contributed by atoms with Gasteiger partial charge in [-0.1, -0.05) is 19.1 Å². The van der Waals surface area contributed by atoms with Crippen LogP contribution in [-0.2, 0) is 0 Å². The molecular formula is C14H16N2OS. The summed E-state index contributed by atoms with van der Waals surface area (Å²) in [5, 5.41) is 0. The van der Waals surface area contributed by atoms with Crippen molar-refractivity contribution in [1.82, 2.24) is 9.97 Å². The number of aromatic amines is 1. The molecule has 0 fully saturated rings. The molecule has 0 amide bonds. The van der Waals surface area contributed by atoms with Gasteiger partial charge < -0.3 is 9.72 Å². The van der Waals surface area contributed by atoms with Gasteiger partial charge in [0.05, 0.1) is 6.61 Å². The Bertz CT molecular complexity index is 575. The summed E-state index contributed by atoms with van der Waals surface area (Å²) in [5.74, 6) is 1.72. The van der Waals surface area contributed by atoms with Crippen molar-refractivity contribution >= 4 is 12.2 Å². The lowest BCUT2D eigenvalue weighted by atomic mass is 10.1. The van der Waals surface area contributed by atoms with E-state index in [0.717, 1.165) is 35.9 Å². The van der Waals surface area contributed by atoms with Crippen LogP contribution in [0.1, 0.15) is 19.2 Å². The molecule has 4 heteroatoms. The van der Waals surface area contributed by atoms with Gasteiger partial charge in [0, 0.05) is 5.69 Å². The van der Waals surface area contributed by atoms with Crippen LogP contribution in [0.3, 0.4) is 0 Å². The van der Waals surface area contributed by atoms with E-state index in [2.05, 4.69) is 16.9 Å². The highest BCUT2D eigenvalue weighted by molar-refractivity contribution is 7.71. The third-order valence-electron chi connectivity index (χ3n) is 2.50. The van der Waals surface area contributed by atoms with Crippen molar-refractivity contribution in [2.45, 2.75) is 20.3 Å². The molecule has 2 aromatic rings. The van der Waals surface area contributed by atoms with E-state index in [1.807, 2.05) is 37.3 Å². The number of aromatic nitrogens is 2. The fraction of sp³-hybridized carbons (Fsp3) is 0.286. The molecule has 1 heterocycles. The number of nitrogens with one attached hydrogen (secondary N) is 1. The van der Waals surface area contributed by atoms with Gasteiger partial charge in [0.1, 0.15) is 16.2 Å².